The van der Waals surface area contributed by atoms with Crippen molar-refractivity contribution in [3.05, 3.63) is 29.8 Å². The van der Waals surface area contributed by atoms with Gasteiger partial charge < -0.3 is 10.6 Å². The summed E-state index contributed by atoms with van der Waals surface area (Å²) >= 11 is 0. The van der Waals surface area contributed by atoms with Gasteiger partial charge in [0.25, 0.3) is 5.91 Å². The molecule has 1 aliphatic heterocycles. The molecule has 1 amide bonds. The zero-order valence-electron chi connectivity index (χ0n) is 11.1. The van der Waals surface area contributed by atoms with Crippen LogP contribution in [-0.4, -0.2) is 23.4 Å². The molecule has 1 heterocycles. The Kier molecular flexibility index (Phi) is 4.24. The summed E-state index contributed by atoms with van der Waals surface area (Å²) in [5, 5.41) is 0. The van der Waals surface area contributed by atoms with Crippen LogP contribution >= 0.6 is 0 Å². The van der Waals surface area contributed by atoms with Gasteiger partial charge in [-0.25, -0.2) is 0 Å². The number of nitrogen functional groups attached to an aromatic ring is 1. The minimum Gasteiger partial charge on any atom is -0.399 e. The van der Waals surface area contributed by atoms with E-state index in [-0.39, 0.29) is 5.91 Å². The molecular formula is C15H22N2O. The van der Waals surface area contributed by atoms with E-state index in [1.54, 1.807) is 6.07 Å². The molecule has 0 saturated carbocycles. The molecule has 0 radical (unpaired) electrons. The number of anilines is 1. The van der Waals surface area contributed by atoms with Crippen molar-refractivity contribution < 1.29 is 4.79 Å². The van der Waals surface area contributed by atoms with Crippen LogP contribution in [0.2, 0.25) is 0 Å². The summed E-state index contributed by atoms with van der Waals surface area (Å²) in [7, 11) is 0. The second-order valence-corrected chi connectivity index (χ2v) is 5.06. The highest BCUT2D eigenvalue weighted by Gasteiger charge is 2.26. The van der Waals surface area contributed by atoms with E-state index >= 15 is 0 Å². The van der Waals surface area contributed by atoms with Crippen LogP contribution in [0.15, 0.2) is 24.3 Å². The zero-order chi connectivity index (χ0) is 13.0. The number of nitrogens with two attached hydrogens (primary N) is 1. The van der Waals surface area contributed by atoms with Gasteiger partial charge in [0.2, 0.25) is 0 Å². The molecule has 1 atom stereocenters. The average molecular weight is 246 g/mol. The van der Waals surface area contributed by atoms with E-state index < -0.39 is 0 Å². The molecule has 2 N–H and O–H groups in total. The first kappa shape index (κ1) is 12.9. The lowest BCUT2D eigenvalue weighted by Crippen LogP contribution is -2.43. The summed E-state index contributed by atoms with van der Waals surface area (Å²) in [6, 6.07) is 7.71. The quantitative estimate of drug-likeness (QED) is 0.833. The van der Waals surface area contributed by atoms with Crippen molar-refractivity contribution >= 4 is 11.6 Å². The Balaban J connectivity index is 2.15. The van der Waals surface area contributed by atoms with Crippen LogP contribution < -0.4 is 5.73 Å². The summed E-state index contributed by atoms with van der Waals surface area (Å²) in [4.78, 5) is 14.6. The first-order valence-electron chi connectivity index (χ1n) is 6.89. The van der Waals surface area contributed by atoms with E-state index in [1.807, 2.05) is 23.1 Å². The maximum Gasteiger partial charge on any atom is 0.254 e. The summed E-state index contributed by atoms with van der Waals surface area (Å²) in [5.41, 5.74) is 7.13. The van der Waals surface area contributed by atoms with Crippen molar-refractivity contribution in [1.29, 1.82) is 0 Å². The predicted molar refractivity (Wildman–Crippen MR) is 74.4 cm³/mol. The highest BCUT2D eigenvalue weighted by molar-refractivity contribution is 5.95. The minimum absolute atomic E-state index is 0.139. The number of rotatable bonds is 3. The van der Waals surface area contributed by atoms with Crippen molar-refractivity contribution in [1.82, 2.24) is 4.90 Å². The maximum absolute atomic E-state index is 12.5. The van der Waals surface area contributed by atoms with Gasteiger partial charge in [-0.05, 0) is 43.9 Å². The predicted octanol–water partition coefficient (Wildman–Crippen LogP) is 3.06. The van der Waals surface area contributed by atoms with Crippen molar-refractivity contribution in [2.24, 2.45) is 0 Å². The molecule has 0 aromatic heterocycles. The summed E-state index contributed by atoms with van der Waals surface area (Å²) in [6.45, 7) is 3.07. The Morgan fingerprint density at radius 3 is 3.00 bits per heavy atom. The van der Waals surface area contributed by atoms with Gasteiger partial charge in [-0.3, -0.25) is 4.79 Å². The van der Waals surface area contributed by atoms with Crippen molar-refractivity contribution in [2.75, 3.05) is 12.3 Å². The third-order valence-corrected chi connectivity index (χ3v) is 3.64. The average Bonchev–Trinajstić information content (AvgIpc) is 2.39. The second-order valence-electron chi connectivity index (χ2n) is 5.06. The molecule has 0 spiro atoms. The Morgan fingerprint density at radius 2 is 2.28 bits per heavy atom. The van der Waals surface area contributed by atoms with Gasteiger partial charge in [0.1, 0.15) is 0 Å². The topological polar surface area (TPSA) is 46.3 Å². The molecule has 1 aliphatic rings. The van der Waals surface area contributed by atoms with Crippen LogP contribution in [0.4, 0.5) is 5.69 Å². The number of carbonyl (C=O) groups is 1. The molecule has 1 aromatic rings. The highest BCUT2D eigenvalue weighted by atomic mass is 16.2. The van der Waals surface area contributed by atoms with E-state index in [0.717, 1.165) is 37.8 Å². The first-order valence-corrected chi connectivity index (χ1v) is 6.89. The van der Waals surface area contributed by atoms with Crippen LogP contribution in [0.1, 0.15) is 49.4 Å². The van der Waals surface area contributed by atoms with Gasteiger partial charge in [-0.15, -0.1) is 0 Å². The van der Waals surface area contributed by atoms with Gasteiger partial charge in [-0.1, -0.05) is 19.4 Å². The fraction of sp³-hybridized carbons (Fsp3) is 0.533. The number of hydrogen-bond donors (Lipinski definition) is 1. The van der Waals surface area contributed by atoms with Gasteiger partial charge in [0, 0.05) is 23.8 Å². The number of amides is 1. The van der Waals surface area contributed by atoms with E-state index in [0.29, 0.717) is 11.7 Å². The Labute approximate surface area is 109 Å². The SMILES string of the molecule is CCCC1CCCCN1C(=O)c1cccc(N)c1. The lowest BCUT2D eigenvalue weighted by molar-refractivity contribution is 0.0600. The Hall–Kier alpha value is -1.51. The van der Waals surface area contributed by atoms with E-state index in [1.165, 1.54) is 6.42 Å². The molecule has 3 nitrogen and oxygen atoms in total. The number of piperidine rings is 1. The molecule has 1 aromatic carbocycles. The molecule has 1 saturated heterocycles. The fourth-order valence-corrected chi connectivity index (χ4v) is 2.74. The molecule has 98 valence electrons. The third-order valence-electron chi connectivity index (χ3n) is 3.64. The smallest absolute Gasteiger partial charge is 0.254 e. The molecule has 18 heavy (non-hydrogen) atoms. The number of benzene rings is 1. The lowest BCUT2D eigenvalue weighted by atomic mass is 9.97. The van der Waals surface area contributed by atoms with E-state index in [9.17, 15) is 4.79 Å². The fourth-order valence-electron chi connectivity index (χ4n) is 2.74. The Bertz CT molecular complexity index is 415. The molecule has 3 heteroatoms. The van der Waals surface area contributed by atoms with Crippen molar-refractivity contribution in [3.8, 4) is 0 Å². The largest absolute Gasteiger partial charge is 0.399 e. The summed E-state index contributed by atoms with van der Waals surface area (Å²) in [6.07, 6.45) is 5.74. The van der Waals surface area contributed by atoms with Gasteiger partial charge >= 0.3 is 0 Å². The van der Waals surface area contributed by atoms with Gasteiger partial charge in [-0.2, -0.15) is 0 Å². The number of carbonyl (C=O) groups excluding carboxylic acids is 1. The third kappa shape index (κ3) is 2.84. The van der Waals surface area contributed by atoms with Crippen LogP contribution in [0.25, 0.3) is 0 Å². The van der Waals surface area contributed by atoms with Crippen molar-refractivity contribution in [2.45, 2.75) is 45.1 Å². The minimum atomic E-state index is 0.139. The summed E-state index contributed by atoms with van der Waals surface area (Å²) < 4.78 is 0. The molecule has 1 unspecified atom stereocenters. The normalized spacial score (nSPS) is 19.8. The van der Waals surface area contributed by atoms with Crippen LogP contribution in [-0.2, 0) is 0 Å². The lowest BCUT2D eigenvalue weighted by Gasteiger charge is -2.36. The monoisotopic (exact) mass is 246 g/mol. The molecule has 0 bridgehead atoms. The molecular weight excluding hydrogens is 224 g/mol. The van der Waals surface area contributed by atoms with Crippen LogP contribution in [0.3, 0.4) is 0 Å². The Morgan fingerprint density at radius 1 is 1.44 bits per heavy atom. The van der Waals surface area contributed by atoms with Crippen LogP contribution in [0.5, 0.6) is 0 Å². The van der Waals surface area contributed by atoms with E-state index in [4.69, 9.17) is 5.73 Å². The number of nitrogens with zero attached hydrogens (tertiary/aromatic N) is 1. The zero-order valence-corrected chi connectivity index (χ0v) is 11.1. The molecule has 0 aliphatic carbocycles. The van der Waals surface area contributed by atoms with Crippen molar-refractivity contribution in [3.63, 3.8) is 0 Å². The first-order chi connectivity index (χ1) is 8.72. The second kappa shape index (κ2) is 5.89. The summed E-state index contributed by atoms with van der Waals surface area (Å²) in [5.74, 6) is 0.139. The highest BCUT2D eigenvalue weighted by Crippen LogP contribution is 2.23. The van der Waals surface area contributed by atoms with E-state index in [2.05, 4.69) is 6.92 Å². The maximum atomic E-state index is 12.5. The molecule has 2 rings (SSSR count). The van der Waals surface area contributed by atoms with Gasteiger partial charge in [0.15, 0.2) is 0 Å². The van der Waals surface area contributed by atoms with Gasteiger partial charge in [0.05, 0.1) is 0 Å². The molecule has 1 fully saturated rings. The number of likely N-dealkylation sites (tertiary alicyclic amines) is 1. The van der Waals surface area contributed by atoms with Crippen LogP contribution in [0, 0.1) is 0 Å². The number of hydrogen-bond acceptors (Lipinski definition) is 2. The standard InChI is InChI=1S/C15H22N2O/c1-2-6-14-9-3-4-10-17(14)15(18)12-7-5-8-13(16)11-12/h5,7-8,11,14H,2-4,6,9-10,16H2,1H3.